The molecule has 0 radical (unpaired) electrons. The predicted molar refractivity (Wildman–Crippen MR) is 68.9 cm³/mol. The molecule has 0 spiro atoms. The molecule has 17 heavy (non-hydrogen) atoms. The fourth-order valence-electron chi connectivity index (χ4n) is 1.69. The Bertz CT molecular complexity index is 388. The molecule has 0 saturated heterocycles. The second-order valence-corrected chi connectivity index (χ2v) is 4.30. The van der Waals surface area contributed by atoms with Crippen molar-refractivity contribution < 1.29 is 9.53 Å². The molecule has 3 nitrogen and oxygen atoms in total. The largest absolute Gasteiger partial charge is 0.468 e. The van der Waals surface area contributed by atoms with E-state index in [0.717, 1.165) is 13.1 Å². The number of benzene rings is 1. The summed E-state index contributed by atoms with van der Waals surface area (Å²) in [4.78, 5) is 13.3. The molecule has 0 atom stereocenters. The van der Waals surface area contributed by atoms with E-state index < -0.39 is 0 Å². The Kier molecular flexibility index (Phi) is 5.16. The lowest BCUT2D eigenvalue weighted by atomic mass is 10.1. The van der Waals surface area contributed by atoms with Gasteiger partial charge in [0.05, 0.1) is 13.7 Å². The molecule has 0 bridgehead atoms. The molecule has 0 fully saturated rings. The van der Waals surface area contributed by atoms with Gasteiger partial charge in [-0.1, -0.05) is 25.1 Å². The molecular formula is C14H21NO2. The van der Waals surface area contributed by atoms with Crippen LogP contribution >= 0.6 is 0 Å². The van der Waals surface area contributed by atoms with Crippen molar-refractivity contribution in [3.05, 3.63) is 34.9 Å². The first-order valence-corrected chi connectivity index (χ1v) is 5.92. The molecule has 1 aromatic rings. The van der Waals surface area contributed by atoms with Gasteiger partial charge in [0.25, 0.3) is 0 Å². The van der Waals surface area contributed by atoms with Crippen LogP contribution < -0.4 is 0 Å². The highest BCUT2D eigenvalue weighted by atomic mass is 16.5. The van der Waals surface area contributed by atoms with Crippen LogP contribution in [0.15, 0.2) is 18.2 Å². The molecule has 3 heteroatoms. The first-order chi connectivity index (χ1) is 8.06. The fraction of sp³-hybridized carbons (Fsp3) is 0.500. The lowest BCUT2D eigenvalue weighted by Crippen LogP contribution is -2.30. The van der Waals surface area contributed by atoms with E-state index in [1.807, 2.05) is 6.92 Å². The van der Waals surface area contributed by atoms with Crippen molar-refractivity contribution in [1.29, 1.82) is 0 Å². The number of carbonyl (C=O) groups excluding carboxylic acids is 1. The van der Waals surface area contributed by atoms with Gasteiger partial charge in [0.2, 0.25) is 0 Å². The third-order valence-electron chi connectivity index (χ3n) is 3.01. The summed E-state index contributed by atoms with van der Waals surface area (Å²) in [5.41, 5.74) is 3.82. The number of esters is 1. The summed E-state index contributed by atoms with van der Waals surface area (Å²) in [5, 5.41) is 0. The molecular weight excluding hydrogens is 214 g/mol. The normalized spacial score (nSPS) is 10.6. The molecule has 94 valence electrons. The summed E-state index contributed by atoms with van der Waals surface area (Å²) in [6.45, 7) is 8.22. The molecule has 0 aliphatic carbocycles. The minimum Gasteiger partial charge on any atom is -0.468 e. The maximum absolute atomic E-state index is 11.2. The van der Waals surface area contributed by atoms with Gasteiger partial charge in [0, 0.05) is 6.54 Å². The SMILES string of the molecule is CCN(CC(=O)OC)Cc1ccc(C)c(C)c1. The van der Waals surface area contributed by atoms with Gasteiger partial charge in [-0.2, -0.15) is 0 Å². The van der Waals surface area contributed by atoms with Crippen molar-refractivity contribution >= 4 is 5.97 Å². The number of hydrogen-bond acceptors (Lipinski definition) is 3. The van der Waals surface area contributed by atoms with Crippen LogP contribution in [0.5, 0.6) is 0 Å². The average Bonchev–Trinajstić information content (AvgIpc) is 2.32. The lowest BCUT2D eigenvalue weighted by Gasteiger charge is -2.19. The molecule has 0 aliphatic rings. The molecule has 1 aromatic carbocycles. The highest BCUT2D eigenvalue weighted by Gasteiger charge is 2.09. The van der Waals surface area contributed by atoms with Gasteiger partial charge in [0.1, 0.15) is 0 Å². The van der Waals surface area contributed by atoms with Crippen LogP contribution in [0.2, 0.25) is 0 Å². The number of nitrogens with zero attached hydrogens (tertiary/aromatic N) is 1. The van der Waals surface area contributed by atoms with Gasteiger partial charge >= 0.3 is 5.97 Å². The van der Waals surface area contributed by atoms with Gasteiger partial charge < -0.3 is 4.74 Å². The first kappa shape index (κ1) is 13.7. The summed E-state index contributed by atoms with van der Waals surface area (Å²) in [5.74, 6) is -0.185. The minimum absolute atomic E-state index is 0.185. The van der Waals surface area contributed by atoms with E-state index in [1.165, 1.54) is 23.8 Å². The van der Waals surface area contributed by atoms with Gasteiger partial charge in [-0.25, -0.2) is 0 Å². The van der Waals surface area contributed by atoms with Crippen molar-refractivity contribution in [2.24, 2.45) is 0 Å². The zero-order valence-electron chi connectivity index (χ0n) is 11.1. The molecule has 0 amide bonds. The van der Waals surface area contributed by atoms with Crippen LogP contribution in [0.4, 0.5) is 0 Å². The van der Waals surface area contributed by atoms with Crippen LogP contribution in [0.3, 0.4) is 0 Å². The number of ether oxygens (including phenoxy) is 1. The molecule has 1 rings (SSSR count). The number of methoxy groups -OCH3 is 1. The standard InChI is InChI=1S/C14H21NO2/c1-5-15(10-14(16)17-4)9-13-7-6-11(2)12(3)8-13/h6-8H,5,9-10H2,1-4H3. The molecule has 0 aliphatic heterocycles. The fourth-order valence-corrected chi connectivity index (χ4v) is 1.69. The van der Waals surface area contributed by atoms with Crippen LogP contribution in [0.25, 0.3) is 0 Å². The first-order valence-electron chi connectivity index (χ1n) is 5.92. The van der Waals surface area contributed by atoms with E-state index in [9.17, 15) is 4.79 Å². The molecule has 0 N–H and O–H groups in total. The lowest BCUT2D eigenvalue weighted by molar-refractivity contribution is -0.142. The van der Waals surface area contributed by atoms with Crippen LogP contribution in [-0.4, -0.2) is 31.1 Å². The van der Waals surface area contributed by atoms with Gasteiger partial charge in [-0.3, -0.25) is 9.69 Å². The maximum atomic E-state index is 11.2. The monoisotopic (exact) mass is 235 g/mol. The number of rotatable bonds is 5. The predicted octanol–water partition coefficient (Wildman–Crippen LogP) is 2.30. The van der Waals surface area contributed by atoms with Crippen molar-refractivity contribution in [2.45, 2.75) is 27.3 Å². The van der Waals surface area contributed by atoms with Gasteiger partial charge in [-0.15, -0.1) is 0 Å². The van der Waals surface area contributed by atoms with E-state index in [2.05, 4.69) is 41.7 Å². The van der Waals surface area contributed by atoms with Crippen molar-refractivity contribution in [3.8, 4) is 0 Å². The topological polar surface area (TPSA) is 29.5 Å². The van der Waals surface area contributed by atoms with Gasteiger partial charge in [-0.05, 0) is 37.1 Å². The summed E-state index contributed by atoms with van der Waals surface area (Å²) in [6.07, 6.45) is 0. The molecule has 0 saturated carbocycles. The van der Waals surface area contributed by atoms with E-state index in [0.29, 0.717) is 6.54 Å². The zero-order chi connectivity index (χ0) is 12.8. The van der Waals surface area contributed by atoms with Crippen molar-refractivity contribution in [3.63, 3.8) is 0 Å². The highest BCUT2D eigenvalue weighted by Crippen LogP contribution is 2.11. The zero-order valence-corrected chi connectivity index (χ0v) is 11.1. The molecule has 0 unspecified atom stereocenters. The Morgan fingerprint density at radius 3 is 2.53 bits per heavy atom. The van der Waals surface area contributed by atoms with E-state index in [4.69, 9.17) is 0 Å². The quantitative estimate of drug-likeness (QED) is 0.733. The Labute approximate surface area is 103 Å². The summed E-state index contributed by atoms with van der Waals surface area (Å²) < 4.78 is 4.68. The number of likely N-dealkylation sites (N-methyl/N-ethyl adjacent to an activating group) is 1. The third-order valence-corrected chi connectivity index (χ3v) is 3.01. The average molecular weight is 235 g/mol. The molecule has 0 heterocycles. The number of carbonyl (C=O) groups is 1. The summed E-state index contributed by atoms with van der Waals surface area (Å²) in [7, 11) is 1.42. The Morgan fingerprint density at radius 2 is 2.00 bits per heavy atom. The van der Waals surface area contributed by atoms with Crippen molar-refractivity contribution in [2.75, 3.05) is 20.2 Å². The third kappa shape index (κ3) is 4.19. The smallest absolute Gasteiger partial charge is 0.319 e. The number of aryl methyl sites for hydroxylation is 2. The van der Waals surface area contributed by atoms with E-state index >= 15 is 0 Å². The Balaban J connectivity index is 2.67. The molecule has 0 aromatic heterocycles. The summed E-state index contributed by atoms with van der Waals surface area (Å²) >= 11 is 0. The van der Waals surface area contributed by atoms with Gasteiger partial charge in [0.15, 0.2) is 0 Å². The second-order valence-electron chi connectivity index (χ2n) is 4.30. The van der Waals surface area contributed by atoms with Crippen LogP contribution in [-0.2, 0) is 16.1 Å². The summed E-state index contributed by atoms with van der Waals surface area (Å²) in [6, 6.07) is 6.41. The maximum Gasteiger partial charge on any atom is 0.319 e. The second kappa shape index (κ2) is 6.40. The van der Waals surface area contributed by atoms with Crippen molar-refractivity contribution in [1.82, 2.24) is 4.90 Å². The Hall–Kier alpha value is -1.35. The number of hydrogen-bond donors (Lipinski definition) is 0. The van der Waals surface area contributed by atoms with E-state index in [-0.39, 0.29) is 5.97 Å². The van der Waals surface area contributed by atoms with Crippen LogP contribution in [0, 0.1) is 13.8 Å². The highest BCUT2D eigenvalue weighted by molar-refractivity contribution is 5.71. The van der Waals surface area contributed by atoms with Crippen LogP contribution in [0.1, 0.15) is 23.6 Å². The Morgan fingerprint density at radius 1 is 1.29 bits per heavy atom. The van der Waals surface area contributed by atoms with E-state index in [1.54, 1.807) is 0 Å². The minimum atomic E-state index is -0.185.